The van der Waals surface area contributed by atoms with E-state index in [1.54, 1.807) is 5.01 Å². The molecule has 1 saturated heterocycles. The maximum atomic E-state index is 6.35. The highest BCUT2D eigenvalue weighted by molar-refractivity contribution is 6.31. The van der Waals surface area contributed by atoms with Crippen LogP contribution in [0, 0.1) is 0 Å². The third-order valence-corrected chi connectivity index (χ3v) is 3.51. The van der Waals surface area contributed by atoms with E-state index in [0.29, 0.717) is 0 Å². The lowest BCUT2D eigenvalue weighted by Gasteiger charge is -2.31. The smallest absolute Gasteiger partial charge is 0.0462 e. The highest BCUT2D eigenvalue weighted by Gasteiger charge is 2.15. The molecule has 1 heterocycles. The van der Waals surface area contributed by atoms with E-state index in [1.165, 1.54) is 5.69 Å². The van der Waals surface area contributed by atoms with Gasteiger partial charge in [-0.3, -0.25) is 0 Å². The van der Waals surface area contributed by atoms with Crippen LogP contribution >= 0.6 is 11.6 Å². The van der Waals surface area contributed by atoms with Gasteiger partial charge in [0.1, 0.15) is 0 Å². The first-order valence-electron chi connectivity index (χ1n) is 6.61. The summed E-state index contributed by atoms with van der Waals surface area (Å²) in [4.78, 5) is 2.39. The molecule has 5 heteroatoms. The molecule has 0 unspecified atom stereocenters. The van der Waals surface area contributed by atoms with Crippen molar-refractivity contribution in [3.05, 3.63) is 28.8 Å². The molecular weight excluding hydrogens is 260 g/mol. The average molecular weight is 281 g/mol. The van der Waals surface area contributed by atoms with Gasteiger partial charge in [-0.2, -0.15) is 5.10 Å². The number of halogens is 1. The minimum atomic E-state index is 0.761. The molecule has 0 saturated carbocycles. The standard InChI is InChI=1S/C14H21ClN4/c1-18(2)17-7-6-12-13(15)4-3-5-14(12)19-10-8-16-9-11-19/h3-5,7,16H,6,8-11H2,1-2H3/b17-7+. The van der Waals surface area contributed by atoms with Gasteiger partial charge < -0.3 is 15.2 Å². The summed E-state index contributed by atoms with van der Waals surface area (Å²) in [5.74, 6) is 0. The minimum Gasteiger partial charge on any atom is -0.369 e. The number of nitrogens with zero attached hydrogens (tertiary/aromatic N) is 3. The predicted molar refractivity (Wildman–Crippen MR) is 82.4 cm³/mol. The van der Waals surface area contributed by atoms with Crippen molar-refractivity contribution < 1.29 is 0 Å². The van der Waals surface area contributed by atoms with Crippen molar-refractivity contribution >= 4 is 23.5 Å². The Balaban J connectivity index is 2.19. The Hall–Kier alpha value is -1.26. The van der Waals surface area contributed by atoms with Gasteiger partial charge in [-0.25, -0.2) is 0 Å². The number of hydrazone groups is 1. The molecule has 0 aromatic heterocycles. The number of hydrogen-bond donors (Lipinski definition) is 1. The SMILES string of the molecule is CN(C)/N=C/Cc1c(Cl)cccc1N1CCNCC1. The molecule has 0 radical (unpaired) electrons. The maximum absolute atomic E-state index is 6.35. The largest absolute Gasteiger partial charge is 0.369 e. The highest BCUT2D eigenvalue weighted by Crippen LogP contribution is 2.28. The van der Waals surface area contributed by atoms with E-state index in [-0.39, 0.29) is 0 Å². The van der Waals surface area contributed by atoms with Crippen molar-refractivity contribution in [2.24, 2.45) is 5.10 Å². The van der Waals surface area contributed by atoms with Crippen molar-refractivity contribution in [1.29, 1.82) is 0 Å². The van der Waals surface area contributed by atoms with Crippen molar-refractivity contribution in [1.82, 2.24) is 10.3 Å². The van der Waals surface area contributed by atoms with Crippen LogP contribution in [0.3, 0.4) is 0 Å². The molecule has 0 atom stereocenters. The van der Waals surface area contributed by atoms with E-state index in [4.69, 9.17) is 11.6 Å². The lowest BCUT2D eigenvalue weighted by Crippen LogP contribution is -2.43. The predicted octanol–water partition coefficient (Wildman–Crippen LogP) is 1.84. The zero-order chi connectivity index (χ0) is 13.7. The third-order valence-electron chi connectivity index (χ3n) is 3.16. The van der Waals surface area contributed by atoms with Crippen molar-refractivity contribution in [2.75, 3.05) is 45.2 Å². The van der Waals surface area contributed by atoms with Crippen molar-refractivity contribution in [3.8, 4) is 0 Å². The Bertz CT molecular complexity index is 439. The van der Waals surface area contributed by atoms with Crippen LogP contribution in [0.25, 0.3) is 0 Å². The molecule has 1 N–H and O–H groups in total. The number of rotatable bonds is 4. The van der Waals surface area contributed by atoms with Crippen LogP contribution in [0.2, 0.25) is 5.02 Å². The number of anilines is 1. The Morgan fingerprint density at radius 2 is 2.11 bits per heavy atom. The van der Waals surface area contributed by atoms with Crippen LogP contribution in [0.15, 0.2) is 23.3 Å². The molecule has 1 aromatic rings. The van der Waals surface area contributed by atoms with Gasteiger partial charge in [-0.05, 0) is 17.7 Å². The Kier molecular flexibility index (Phi) is 5.05. The van der Waals surface area contributed by atoms with Gasteiger partial charge in [0, 0.05) is 63.6 Å². The summed E-state index contributed by atoms with van der Waals surface area (Å²) >= 11 is 6.35. The van der Waals surface area contributed by atoms with Crippen LogP contribution in [0.4, 0.5) is 5.69 Å². The van der Waals surface area contributed by atoms with Gasteiger partial charge in [-0.15, -0.1) is 0 Å². The first-order valence-corrected chi connectivity index (χ1v) is 6.99. The lowest BCUT2D eigenvalue weighted by atomic mass is 10.1. The third kappa shape index (κ3) is 3.85. The van der Waals surface area contributed by atoms with Crippen LogP contribution in [0.1, 0.15) is 5.56 Å². The van der Waals surface area contributed by atoms with Crippen molar-refractivity contribution in [2.45, 2.75) is 6.42 Å². The first-order chi connectivity index (χ1) is 9.18. The summed E-state index contributed by atoms with van der Waals surface area (Å²) in [7, 11) is 3.83. The topological polar surface area (TPSA) is 30.9 Å². The van der Waals surface area contributed by atoms with Gasteiger partial charge in [0.2, 0.25) is 0 Å². The summed E-state index contributed by atoms with van der Waals surface area (Å²) in [5, 5.41) is 10.2. The lowest BCUT2D eigenvalue weighted by molar-refractivity contribution is 0.439. The number of nitrogens with one attached hydrogen (secondary N) is 1. The van der Waals surface area contributed by atoms with Crippen molar-refractivity contribution in [3.63, 3.8) is 0 Å². The molecule has 104 valence electrons. The summed E-state index contributed by atoms with van der Waals surface area (Å²) in [6.45, 7) is 4.10. The Morgan fingerprint density at radius 3 is 2.79 bits per heavy atom. The van der Waals surface area contributed by atoms with E-state index in [9.17, 15) is 0 Å². The second-order valence-corrected chi connectivity index (χ2v) is 5.23. The van der Waals surface area contributed by atoms with Crippen LogP contribution in [-0.4, -0.2) is 51.5 Å². The molecule has 1 aromatic carbocycles. The summed E-state index contributed by atoms with van der Waals surface area (Å²) in [6.07, 6.45) is 2.67. The van der Waals surface area contributed by atoms with Crippen LogP contribution in [0.5, 0.6) is 0 Å². The fourth-order valence-corrected chi connectivity index (χ4v) is 2.49. The summed E-state index contributed by atoms with van der Waals surface area (Å²) in [5.41, 5.74) is 2.40. The molecule has 4 nitrogen and oxygen atoms in total. The molecular formula is C14H21ClN4. The van der Waals surface area contributed by atoms with Gasteiger partial charge in [0.15, 0.2) is 0 Å². The zero-order valence-electron chi connectivity index (χ0n) is 11.6. The normalized spacial score (nSPS) is 16.1. The van der Waals surface area contributed by atoms with Gasteiger partial charge in [0.25, 0.3) is 0 Å². The van der Waals surface area contributed by atoms with Crippen LogP contribution < -0.4 is 10.2 Å². The highest BCUT2D eigenvalue weighted by atomic mass is 35.5. The Morgan fingerprint density at radius 1 is 1.37 bits per heavy atom. The molecule has 0 bridgehead atoms. The fourth-order valence-electron chi connectivity index (χ4n) is 2.25. The van der Waals surface area contributed by atoms with E-state index >= 15 is 0 Å². The molecule has 19 heavy (non-hydrogen) atoms. The van der Waals surface area contributed by atoms with Gasteiger partial charge >= 0.3 is 0 Å². The summed E-state index contributed by atoms with van der Waals surface area (Å²) in [6, 6.07) is 6.12. The second kappa shape index (κ2) is 6.78. The zero-order valence-corrected chi connectivity index (χ0v) is 12.3. The fraction of sp³-hybridized carbons (Fsp3) is 0.500. The molecule has 0 spiro atoms. The van der Waals surface area contributed by atoms with E-state index in [1.807, 2.05) is 32.4 Å². The first kappa shape index (κ1) is 14.2. The molecule has 1 aliphatic rings. The molecule has 1 fully saturated rings. The number of hydrogen-bond acceptors (Lipinski definition) is 4. The van der Waals surface area contributed by atoms with E-state index in [2.05, 4.69) is 21.4 Å². The monoisotopic (exact) mass is 280 g/mol. The minimum absolute atomic E-state index is 0.761. The second-order valence-electron chi connectivity index (χ2n) is 4.82. The molecule has 1 aliphatic heterocycles. The summed E-state index contributed by atoms with van der Waals surface area (Å²) < 4.78 is 0. The van der Waals surface area contributed by atoms with E-state index in [0.717, 1.165) is 43.2 Å². The van der Waals surface area contributed by atoms with Gasteiger partial charge in [0.05, 0.1) is 0 Å². The van der Waals surface area contributed by atoms with E-state index < -0.39 is 0 Å². The molecule has 0 aliphatic carbocycles. The average Bonchev–Trinajstić information content (AvgIpc) is 2.41. The molecule has 2 rings (SSSR count). The van der Waals surface area contributed by atoms with Crippen LogP contribution in [-0.2, 0) is 6.42 Å². The maximum Gasteiger partial charge on any atom is 0.0462 e. The Labute approximate surface area is 120 Å². The molecule has 0 amide bonds. The quantitative estimate of drug-likeness (QED) is 0.674. The van der Waals surface area contributed by atoms with Gasteiger partial charge in [-0.1, -0.05) is 17.7 Å². The number of piperazine rings is 1. The number of benzene rings is 1.